The first-order chi connectivity index (χ1) is 11.0. The van der Waals surface area contributed by atoms with E-state index in [2.05, 4.69) is 9.97 Å². The van der Waals surface area contributed by atoms with E-state index in [1.165, 1.54) is 17.2 Å². The van der Waals surface area contributed by atoms with Crippen LogP contribution in [-0.4, -0.2) is 34.4 Å². The predicted molar refractivity (Wildman–Crippen MR) is 90.8 cm³/mol. The first-order valence-electron chi connectivity index (χ1n) is 7.05. The van der Waals surface area contributed by atoms with E-state index in [4.69, 9.17) is 0 Å². The molecular formula is C15H17F2N3OS2. The van der Waals surface area contributed by atoms with Gasteiger partial charge in [-0.2, -0.15) is 16.2 Å². The monoisotopic (exact) mass is 357 g/mol. The molecule has 0 fully saturated rings. The molecule has 0 saturated carbocycles. The maximum Gasteiger partial charge on any atom is 0.248 e. The van der Waals surface area contributed by atoms with E-state index in [1.54, 1.807) is 18.7 Å². The van der Waals surface area contributed by atoms with Gasteiger partial charge in [-0.15, -0.1) is 0 Å². The van der Waals surface area contributed by atoms with Gasteiger partial charge in [0.1, 0.15) is 10.8 Å². The number of pyridine rings is 1. The number of carbonyl (C=O) groups is 1. The standard InChI is InChI=1S/C15H17F2N3OS2/c1-4-20(14(21)9(2)8-22-3)15-12(17)19-13(23-15)10-5-11(16)7-18-6-10/h5-7,9H,4,8H2,1-3H3. The summed E-state index contributed by atoms with van der Waals surface area (Å²) in [4.78, 5) is 21.4. The molecular weight excluding hydrogens is 340 g/mol. The third kappa shape index (κ3) is 4.06. The number of anilines is 1. The molecule has 2 rings (SSSR count). The van der Waals surface area contributed by atoms with Gasteiger partial charge in [0.15, 0.2) is 5.00 Å². The third-order valence-corrected chi connectivity index (χ3v) is 5.12. The summed E-state index contributed by atoms with van der Waals surface area (Å²) < 4.78 is 27.5. The van der Waals surface area contributed by atoms with Crippen molar-refractivity contribution in [3.8, 4) is 10.6 Å². The summed E-state index contributed by atoms with van der Waals surface area (Å²) in [6, 6.07) is 1.24. The molecule has 0 radical (unpaired) electrons. The third-order valence-electron chi connectivity index (χ3n) is 3.19. The minimum Gasteiger partial charge on any atom is -0.300 e. The lowest BCUT2D eigenvalue weighted by Crippen LogP contribution is -2.36. The lowest BCUT2D eigenvalue weighted by molar-refractivity contribution is -0.121. The average molecular weight is 357 g/mol. The molecule has 2 heterocycles. The summed E-state index contributed by atoms with van der Waals surface area (Å²) in [5.74, 6) is -0.937. The van der Waals surface area contributed by atoms with Crippen LogP contribution in [-0.2, 0) is 4.79 Å². The second-order valence-electron chi connectivity index (χ2n) is 4.95. The van der Waals surface area contributed by atoms with Crippen LogP contribution in [0.3, 0.4) is 0 Å². The Morgan fingerprint density at radius 3 is 2.78 bits per heavy atom. The number of thiazole rings is 1. The van der Waals surface area contributed by atoms with Gasteiger partial charge in [0, 0.05) is 30.0 Å². The van der Waals surface area contributed by atoms with Crippen molar-refractivity contribution in [1.82, 2.24) is 9.97 Å². The zero-order valence-corrected chi connectivity index (χ0v) is 14.7. The SMILES string of the molecule is CCN(C(=O)C(C)CSC)c1sc(-c2cncc(F)c2)nc1F. The maximum absolute atomic E-state index is 14.2. The van der Waals surface area contributed by atoms with E-state index in [1.807, 2.05) is 13.2 Å². The van der Waals surface area contributed by atoms with E-state index in [0.29, 0.717) is 22.9 Å². The highest BCUT2D eigenvalue weighted by Crippen LogP contribution is 2.34. The minimum atomic E-state index is -0.721. The summed E-state index contributed by atoms with van der Waals surface area (Å²) in [7, 11) is 0. The van der Waals surface area contributed by atoms with Gasteiger partial charge >= 0.3 is 0 Å². The van der Waals surface area contributed by atoms with Crippen LogP contribution in [0.15, 0.2) is 18.5 Å². The van der Waals surface area contributed by atoms with E-state index >= 15 is 0 Å². The molecule has 1 unspecified atom stereocenters. The molecule has 4 nitrogen and oxygen atoms in total. The zero-order valence-electron chi connectivity index (χ0n) is 13.0. The lowest BCUT2D eigenvalue weighted by atomic mass is 10.2. The van der Waals surface area contributed by atoms with Crippen LogP contribution in [0.4, 0.5) is 13.8 Å². The number of hydrogen-bond donors (Lipinski definition) is 0. The number of thioether (sulfide) groups is 1. The first kappa shape index (κ1) is 17.8. The molecule has 1 amide bonds. The summed E-state index contributed by atoms with van der Waals surface area (Å²) in [6.45, 7) is 3.95. The largest absolute Gasteiger partial charge is 0.300 e. The highest BCUT2D eigenvalue weighted by atomic mass is 32.2. The van der Waals surface area contributed by atoms with Gasteiger partial charge in [-0.1, -0.05) is 18.3 Å². The predicted octanol–water partition coefficient (Wildman–Crippen LogP) is 3.84. The van der Waals surface area contributed by atoms with Crippen LogP contribution >= 0.6 is 23.1 Å². The fraction of sp³-hybridized carbons (Fsp3) is 0.400. The Hall–Kier alpha value is -1.54. The van der Waals surface area contributed by atoms with Crippen LogP contribution in [0.1, 0.15) is 13.8 Å². The second kappa shape index (κ2) is 7.83. The van der Waals surface area contributed by atoms with Crippen molar-refractivity contribution in [2.75, 3.05) is 23.5 Å². The highest BCUT2D eigenvalue weighted by Gasteiger charge is 2.26. The fourth-order valence-electron chi connectivity index (χ4n) is 2.10. The Bertz CT molecular complexity index is 693. The van der Waals surface area contributed by atoms with E-state index < -0.39 is 11.8 Å². The van der Waals surface area contributed by atoms with Crippen LogP contribution in [0, 0.1) is 17.7 Å². The highest BCUT2D eigenvalue weighted by molar-refractivity contribution is 7.98. The number of aromatic nitrogens is 2. The number of halogens is 2. The van der Waals surface area contributed by atoms with Gasteiger partial charge in [-0.25, -0.2) is 9.37 Å². The Morgan fingerprint density at radius 2 is 2.17 bits per heavy atom. The zero-order chi connectivity index (χ0) is 17.0. The molecule has 0 saturated heterocycles. The van der Waals surface area contributed by atoms with Gasteiger partial charge < -0.3 is 0 Å². The number of nitrogens with zero attached hydrogens (tertiary/aromatic N) is 3. The molecule has 2 aromatic rings. The first-order valence-corrected chi connectivity index (χ1v) is 9.26. The van der Waals surface area contributed by atoms with E-state index in [9.17, 15) is 13.6 Å². The van der Waals surface area contributed by atoms with E-state index in [0.717, 1.165) is 17.5 Å². The molecule has 124 valence electrons. The summed E-state index contributed by atoms with van der Waals surface area (Å²) >= 11 is 2.59. The minimum absolute atomic E-state index is 0.145. The molecule has 0 aliphatic heterocycles. The van der Waals surface area contributed by atoms with Crippen molar-refractivity contribution in [2.24, 2.45) is 5.92 Å². The number of hydrogen-bond acceptors (Lipinski definition) is 5. The van der Waals surface area contributed by atoms with Crippen LogP contribution in [0.5, 0.6) is 0 Å². The van der Waals surface area contributed by atoms with Crippen LogP contribution < -0.4 is 4.90 Å². The Morgan fingerprint density at radius 1 is 1.43 bits per heavy atom. The fourth-order valence-corrected chi connectivity index (χ4v) is 3.74. The van der Waals surface area contributed by atoms with Crippen molar-refractivity contribution < 1.29 is 13.6 Å². The maximum atomic E-state index is 14.2. The van der Waals surface area contributed by atoms with Gasteiger partial charge in [-0.3, -0.25) is 14.7 Å². The van der Waals surface area contributed by atoms with Gasteiger partial charge in [0.25, 0.3) is 0 Å². The molecule has 0 N–H and O–H groups in total. The number of amides is 1. The van der Waals surface area contributed by atoms with Crippen molar-refractivity contribution in [3.05, 3.63) is 30.2 Å². The summed E-state index contributed by atoms with van der Waals surface area (Å²) in [5, 5.41) is 0.456. The number of rotatable bonds is 6. The Kier molecular flexibility index (Phi) is 6.06. The Balaban J connectivity index is 2.33. The van der Waals surface area contributed by atoms with Crippen LogP contribution in [0.25, 0.3) is 10.6 Å². The number of carbonyl (C=O) groups excluding carboxylic acids is 1. The smallest absolute Gasteiger partial charge is 0.248 e. The van der Waals surface area contributed by atoms with Crippen molar-refractivity contribution in [1.29, 1.82) is 0 Å². The Labute approximate surface area is 141 Å². The van der Waals surface area contributed by atoms with Crippen molar-refractivity contribution in [3.63, 3.8) is 0 Å². The summed E-state index contributed by atoms with van der Waals surface area (Å²) in [5.41, 5.74) is 0.390. The van der Waals surface area contributed by atoms with Gasteiger partial charge in [-0.05, 0) is 19.2 Å². The molecule has 0 aliphatic rings. The van der Waals surface area contributed by atoms with E-state index in [-0.39, 0.29) is 16.8 Å². The summed E-state index contributed by atoms with van der Waals surface area (Å²) in [6.07, 6.45) is 4.41. The normalized spacial score (nSPS) is 12.2. The quantitative estimate of drug-likeness (QED) is 0.788. The van der Waals surface area contributed by atoms with Crippen molar-refractivity contribution in [2.45, 2.75) is 13.8 Å². The molecule has 23 heavy (non-hydrogen) atoms. The lowest BCUT2D eigenvalue weighted by Gasteiger charge is -2.22. The molecule has 8 heteroatoms. The van der Waals surface area contributed by atoms with Crippen LogP contribution in [0.2, 0.25) is 0 Å². The van der Waals surface area contributed by atoms with Crippen molar-refractivity contribution >= 4 is 34.0 Å². The van der Waals surface area contributed by atoms with Gasteiger partial charge in [0.05, 0.1) is 6.20 Å². The average Bonchev–Trinajstić information content (AvgIpc) is 2.90. The molecule has 2 aromatic heterocycles. The molecule has 0 aromatic carbocycles. The molecule has 0 bridgehead atoms. The molecule has 0 aliphatic carbocycles. The topological polar surface area (TPSA) is 46.1 Å². The second-order valence-corrected chi connectivity index (χ2v) is 6.83. The molecule has 0 spiro atoms. The molecule has 1 atom stereocenters. The van der Waals surface area contributed by atoms with Gasteiger partial charge in [0.2, 0.25) is 11.9 Å².